The Balaban J connectivity index is 1.09. The van der Waals surface area contributed by atoms with Crippen molar-refractivity contribution in [3.63, 3.8) is 0 Å². The lowest BCUT2D eigenvalue weighted by atomic mass is 9.92. The van der Waals surface area contributed by atoms with Crippen LogP contribution in [-0.2, 0) is 0 Å². The Labute approximate surface area is 340 Å². The zero-order chi connectivity index (χ0) is 37.7. The molecule has 2 aromatic heterocycles. The van der Waals surface area contributed by atoms with Gasteiger partial charge in [-0.25, -0.2) is 0 Å². The van der Waals surface area contributed by atoms with E-state index in [0.717, 1.165) is 11.4 Å². The molecule has 3 heteroatoms. The maximum atomic E-state index is 2.46. The summed E-state index contributed by atoms with van der Waals surface area (Å²) in [7, 11) is 0. The fraction of sp³-hybridized carbons (Fsp3) is 0. The van der Waals surface area contributed by atoms with Crippen LogP contribution in [0.1, 0.15) is 0 Å². The average molecular weight is 762 g/mol. The average Bonchev–Trinajstić information content (AvgIpc) is 3.87. The highest BCUT2D eigenvalue weighted by Gasteiger charge is 2.21. The van der Waals surface area contributed by atoms with E-state index in [1.165, 1.54) is 90.5 Å². The van der Waals surface area contributed by atoms with Gasteiger partial charge in [-0.3, -0.25) is 0 Å². The summed E-state index contributed by atoms with van der Waals surface area (Å²) in [5, 5.41) is 5.18. The summed E-state index contributed by atoms with van der Waals surface area (Å²) in [6, 6.07) is 77.6. The third-order valence-electron chi connectivity index (χ3n) is 11.1. The quantitative estimate of drug-likeness (QED) is 0.156. The number of rotatable bonds is 7. The molecule has 0 bridgehead atoms. The van der Waals surface area contributed by atoms with E-state index in [2.05, 4.69) is 217 Å². The number of benzene rings is 9. The lowest BCUT2D eigenvalue weighted by molar-refractivity contribution is 1.30. The summed E-state index contributed by atoms with van der Waals surface area (Å²) in [5.41, 5.74) is 13.1. The van der Waals surface area contributed by atoms with Gasteiger partial charge in [0.15, 0.2) is 0 Å². The van der Waals surface area contributed by atoms with Gasteiger partial charge in [-0.2, -0.15) is 0 Å². The van der Waals surface area contributed by atoms with Gasteiger partial charge in [0.25, 0.3) is 0 Å². The lowest BCUT2D eigenvalue weighted by Gasteiger charge is -2.28. The van der Waals surface area contributed by atoms with Crippen molar-refractivity contribution in [3.8, 4) is 44.5 Å². The SMILES string of the molecule is c1ccc(-c2ccc(-c3ccc(N(c4ccc(-c5cccc6c5sc5ccccc56)c(-c5ccccc5)c4)c4cccc5sc6ccccc6c45)cc3)cc2)cc1. The highest BCUT2D eigenvalue weighted by molar-refractivity contribution is 7.26. The topological polar surface area (TPSA) is 3.24 Å². The minimum Gasteiger partial charge on any atom is -0.310 e. The zero-order valence-electron chi connectivity index (χ0n) is 31.0. The molecule has 0 N–H and O–H groups in total. The van der Waals surface area contributed by atoms with Gasteiger partial charge < -0.3 is 4.90 Å². The Morgan fingerprint density at radius 2 is 0.825 bits per heavy atom. The maximum absolute atomic E-state index is 2.46. The Morgan fingerprint density at radius 1 is 0.298 bits per heavy atom. The van der Waals surface area contributed by atoms with Crippen molar-refractivity contribution in [1.29, 1.82) is 0 Å². The molecule has 0 saturated heterocycles. The smallest absolute Gasteiger partial charge is 0.0554 e. The minimum atomic E-state index is 1.11. The van der Waals surface area contributed by atoms with Gasteiger partial charge in [0, 0.05) is 57.3 Å². The Bertz CT molecular complexity index is 3210. The molecule has 0 aliphatic heterocycles. The number of fused-ring (bicyclic) bond motifs is 6. The summed E-state index contributed by atoms with van der Waals surface area (Å²) in [5.74, 6) is 0. The van der Waals surface area contributed by atoms with Crippen molar-refractivity contribution in [3.05, 3.63) is 212 Å². The van der Waals surface area contributed by atoms with Crippen molar-refractivity contribution in [2.24, 2.45) is 0 Å². The molecule has 0 atom stereocenters. The molecule has 0 radical (unpaired) electrons. The van der Waals surface area contributed by atoms with E-state index >= 15 is 0 Å². The van der Waals surface area contributed by atoms with Crippen LogP contribution >= 0.6 is 22.7 Å². The van der Waals surface area contributed by atoms with Crippen molar-refractivity contribution in [1.82, 2.24) is 0 Å². The van der Waals surface area contributed by atoms with Crippen LogP contribution in [0.25, 0.3) is 84.9 Å². The van der Waals surface area contributed by atoms with Crippen LogP contribution in [0.4, 0.5) is 17.1 Å². The van der Waals surface area contributed by atoms with E-state index < -0.39 is 0 Å². The molecule has 11 rings (SSSR count). The number of nitrogens with zero attached hydrogens (tertiary/aromatic N) is 1. The number of hydrogen-bond acceptors (Lipinski definition) is 3. The van der Waals surface area contributed by atoms with Crippen LogP contribution in [0.2, 0.25) is 0 Å². The molecule has 0 spiro atoms. The summed E-state index contributed by atoms with van der Waals surface area (Å²) < 4.78 is 5.22. The Kier molecular flexibility index (Phi) is 8.28. The highest BCUT2D eigenvalue weighted by Crippen LogP contribution is 2.48. The van der Waals surface area contributed by atoms with Crippen LogP contribution in [0.15, 0.2) is 212 Å². The molecule has 0 saturated carbocycles. The molecule has 0 fully saturated rings. The standard InChI is InChI=1S/C54H35NS2/c1-3-13-36(14-4-1)37-25-27-38(28-26-37)39-29-31-41(32-30-39)55(49-21-12-24-52-53(49)47-18-8-10-23-51(47)56-52)42-33-34-43(48(35-42)40-15-5-2-6-16-40)45-19-11-20-46-44-17-7-9-22-50(44)57-54(45)46/h1-35H. The molecule has 2 heterocycles. The molecule has 11 aromatic rings. The first-order valence-electron chi connectivity index (χ1n) is 19.3. The van der Waals surface area contributed by atoms with E-state index in [-0.39, 0.29) is 0 Å². The zero-order valence-corrected chi connectivity index (χ0v) is 32.6. The van der Waals surface area contributed by atoms with E-state index in [4.69, 9.17) is 0 Å². The first-order chi connectivity index (χ1) is 28.3. The predicted octanol–water partition coefficient (Wildman–Crippen LogP) is 16.6. The van der Waals surface area contributed by atoms with Crippen molar-refractivity contribution in [2.75, 3.05) is 4.90 Å². The summed E-state index contributed by atoms with van der Waals surface area (Å²) in [4.78, 5) is 2.46. The largest absolute Gasteiger partial charge is 0.310 e. The lowest BCUT2D eigenvalue weighted by Crippen LogP contribution is -2.10. The first kappa shape index (κ1) is 33.5. The Hall–Kier alpha value is -6.78. The second-order valence-electron chi connectivity index (χ2n) is 14.5. The number of anilines is 3. The summed E-state index contributed by atoms with van der Waals surface area (Å²) >= 11 is 3.74. The van der Waals surface area contributed by atoms with Crippen LogP contribution in [0.3, 0.4) is 0 Å². The second kappa shape index (κ2) is 14.1. The fourth-order valence-corrected chi connectivity index (χ4v) is 10.7. The molecule has 0 amide bonds. The molecule has 268 valence electrons. The van der Waals surface area contributed by atoms with Crippen molar-refractivity contribution >= 4 is 80.1 Å². The maximum Gasteiger partial charge on any atom is 0.0554 e. The van der Waals surface area contributed by atoms with Crippen molar-refractivity contribution < 1.29 is 0 Å². The van der Waals surface area contributed by atoms with E-state index in [1.807, 2.05) is 22.7 Å². The fourth-order valence-electron chi connectivity index (χ4n) is 8.38. The molecule has 0 unspecified atom stereocenters. The van der Waals surface area contributed by atoms with Gasteiger partial charge in [0.05, 0.1) is 5.69 Å². The molecule has 57 heavy (non-hydrogen) atoms. The molecule has 0 aliphatic rings. The predicted molar refractivity (Wildman–Crippen MR) is 249 cm³/mol. The third-order valence-corrected chi connectivity index (χ3v) is 13.5. The van der Waals surface area contributed by atoms with Gasteiger partial charge in [-0.1, -0.05) is 164 Å². The van der Waals surface area contributed by atoms with Gasteiger partial charge in [-0.05, 0) is 87.5 Å². The van der Waals surface area contributed by atoms with Crippen LogP contribution in [0.5, 0.6) is 0 Å². The van der Waals surface area contributed by atoms with E-state index in [1.54, 1.807) is 0 Å². The Morgan fingerprint density at radius 3 is 1.54 bits per heavy atom. The van der Waals surface area contributed by atoms with Crippen LogP contribution in [0, 0.1) is 0 Å². The molecular formula is C54H35NS2. The van der Waals surface area contributed by atoms with Crippen LogP contribution in [-0.4, -0.2) is 0 Å². The molecule has 9 aromatic carbocycles. The number of hydrogen-bond donors (Lipinski definition) is 0. The second-order valence-corrected chi connectivity index (χ2v) is 16.6. The van der Waals surface area contributed by atoms with Gasteiger partial charge >= 0.3 is 0 Å². The van der Waals surface area contributed by atoms with Gasteiger partial charge in [0.2, 0.25) is 0 Å². The van der Waals surface area contributed by atoms with E-state index in [9.17, 15) is 0 Å². The van der Waals surface area contributed by atoms with E-state index in [0.29, 0.717) is 0 Å². The summed E-state index contributed by atoms with van der Waals surface area (Å²) in [6.45, 7) is 0. The summed E-state index contributed by atoms with van der Waals surface area (Å²) in [6.07, 6.45) is 0. The molecule has 1 nitrogen and oxygen atoms in total. The minimum absolute atomic E-state index is 1.11. The monoisotopic (exact) mass is 761 g/mol. The molecule has 0 aliphatic carbocycles. The van der Waals surface area contributed by atoms with Gasteiger partial charge in [0.1, 0.15) is 0 Å². The number of thiophene rings is 2. The highest BCUT2D eigenvalue weighted by atomic mass is 32.1. The van der Waals surface area contributed by atoms with Gasteiger partial charge in [-0.15, -0.1) is 22.7 Å². The van der Waals surface area contributed by atoms with Crippen molar-refractivity contribution in [2.45, 2.75) is 0 Å². The van der Waals surface area contributed by atoms with Crippen LogP contribution < -0.4 is 4.90 Å². The third kappa shape index (κ3) is 5.91. The first-order valence-corrected chi connectivity index (χ1v) is 21.0. The molecular weight excluding hydrogens is 727 g/mol. The normalized spacial score (nSPS) is 11.5.